The predicted octanol–water partition coefficient (Wildman–Crippen LogP) is 3.80. The second kappa shape index (κ2) is 9.84. The number of nitriles is 1. The number of amides is 3. The van der Waals surface area contributed by atoms with Crippen LogP contribution in [0.5, 0.6) is 0 Å². The van der Waals surface area contributed by atoms with Crippen molar-refractivity contribution in [3.63, 3.8) is 0 Å². The van der Waals surface area contributed by atoms with E-state index in [-0.39, 0.29) is 18.0 Å². The van der Waals surface area contributed by atoms with Crippen LogP contribution in [0.4, 0.5) is 10.5 Å². The lowest BCUT2D eigenvalue weighted by Crippen LogP contribution is -2.39. The Labute approximate surface area is 188 Å². The van der Waals surface area contributed by atoms with Gasteiger partial charge in [0.15, 0.2) is 0 Å². The Balaban J connectivity index is 1.36. The number of benzene rings is 2. The molecular weight excluding hydrogens is 404 g/mol. The van der Waals surface area contributed by atoms with Crippen molar-refractivity contribution < 1.29 is 14.3 Å². The number of hydrogen-bond donors (Lipinski definition) is 2. The molecule has 0 aliphatic carbocycles. The van der Waals surface area contributed by atoms with Crippen LogP contribution in [-0.2, 0) is 4.74 Å². The average Bonchev–Trinajstić information content (AvgIpc) is 3.33. The third-order valence-electron chi connectivity index (χ3n) is 6.29. The van der Waals surface area contributed by atoms with Gasteiger partial charge in [0.2, 0.25) is 0 Å². The molecule has 0 saturated carbocycles. The monoisotopic (exact) mass is 432 g/mol. The van der Waals surface area contributed by atoms with E-state index in [0.29, 0.717) is 49.0 Å². The van der Waals surface area contributed by atoms with Gasteiger partial charge in [-0.3, -0.25) is 4.79 Å². The van der Waals surface area contributed by atoms with Crippen LogP contribution in [0.1, 0.15) is 52.2 Å². The summed E-state index contributed by atoms with van der Waals surface area (Å²) in [4.78, 5) is 27.3. The van der Waals surface area contributed by atoms with Crippen LogP contribution in [0, 0.1) is 18.3 Å². The van der Waals surface area contributed by atoms with Crippen molar-refractivity contribution in [2.24, 2.45) is 0 Å². The number of likely N-dealkylation sites (tertiary alicyclic amines) is 1. The fourth-order valence-electron chi connectivity index (χ4n) is 4.31. The molecule has 2 fully saturated rings. The summed E-state index contributed by atoms with van der Waals surface area (Å²) in [7, 11) is 0. The quantitative estimate of drug-likeness (QED) is 0.768. The van der Waals surface area contributed by atoms with E-state index in [1.165, 1.54) is 5.56 Å². The van der Waals surface area contributed by atoms with Gasteiger partial charge in [-0.2, -0.15) is 5.26 Å². The van der Waals surface area contributed by atoms with Crippen molar-refractivity contribution >= 4 is 17.6 Å². The second-order valence-corrected chi connectivity index (χ2v) is 8.49. The summed E-state index contributed by atoms with van der Waals surface area (Å²) in [6.07, 6.45) is 2.59. The number of hydrogen-bond acceptors (Lipinski definition) is 4. The summed E-state index contributed by atoms with van der Waals surface area (Å²) >= 11 is 0. The van der Waals surface area contributed by atoms with Crippen molar-refractivity contribution in [1.29, 1.82) is 5.26 Å². The highest BCUT2D eigenvalue weighted by molar-refractivity contribution is 5.97. The zero-order valence-electron chi connectivity index (χ0n) is 18.3. The number of ether oxygens (including phenoxy) is 1. The molecule has 2 aliphatic rings. The maximum absolute atomic E-state index is 13.1. The molecule has 0 spiro atoms. The molecular formula is C25H28N4O3. The zero-order chi connectivity index (χ0) is 22.5. The molecule has 2 heterocycles. The Hall–Kier alpha value is -3.37. The van der Waals surface area contributed by atoms with Crippen molar-refractivity contribution in [3.05, 3.63) is 64.7 Å². The van der Waals surface area contributed by atoms with Crippen molar-refractivity contribution in [1.82, 2.24) is 10.2 Å². The van der Waals surface area contributed by atoms with Gasteiger partial charge >= 0.3 is 6.03 Å². The molecule has 0 aromatic heterocycles. The number of carbonyl (C=O) groups is 2. The summed E-state index contributed by atoms with van der Waals surface area (Å²) in [5, 5.41) is 14.7. The second-order valence-electron chi connectivity index (χ2n) is 8.49. The van der Waals surface area contributed by atoms with E-state index in [9.17, 15) is 9.59 Å². The third-order valence-corrected chi connectivity index (χ3v) is 6.29. The molecule has 0 radical (unpaired) electrons. The van der Waals surface area contributed by atoms with Crippen molar-refractivity contribution in [2.75, 3.05) is 31.6 Å². The summed E-state index contributed by atoms with van der Waals surface area (Å²) in [5.41, 5.74) is 4.00. The fourth-order valence-corrected chi connectivity index (χ4v) is 4.31. The van der Waals surface area contributed by atoms with Gasteiger partial charge in [-0.25, -0.2) is 4.79 Å². The zero-order valence-corrected chi connectivity index (χ0v) is 18.3. The molecule has 2 aromatic rings. The van der Waals surface area contributed by atoms with E-state index >= 15 is 0 Å². The molecule has 2 saturated heterocycles. The Morgan fingerprint density at radius 2 is 1.84 bits per heavy atom. The molecule has 2 N–H and O–H groups in total. The number of carbonyl (C=O) groups excluding carboxylic acids is 2. The number of nitrogens with one attached hydrogen (secondary N) is 2. The minimum Gasteiger partial charge on any atom is -0.379 e. The first-order valence-corrected chi connectivity index (χ1v) is 11.1. The van der Waals surface area contributed by atoms with E-state index in [4.69, 9.17) is 10.00 Å². The van der Waals surface area contributed by atoms with Gasteiger partial charge < -0.3 is 20.3 Å². The fraction of sp³-hybridized carbons (Fsp3) is 0.400. The number of anilines is 1. The van der Waals surface area contributed by atoms with Crippen molar-refractivity contribution in [3.8, 4) is 6.07 Å². The first-order valence-electron chi connectivity index (χ1n) is 11.1. The van der Waals surface area contributed by atoms with Crippen LogP contribution in [0.2, 0.25) is 0 Å². The lowest BCUT2D eigenvalue weighted by Gasteiger charge is -2.32. The largest absolute Gasteiger partial charge is 0.379 e. The van der Waals surface area contributed by atoms with E-state index in [0.717, 1.165) is 24.8 Å². The highest BCUT2D eigenvalue weighted by atomic mass is 16.5. The maximum Gasteiger partial charge on any atom is 0.319 e. The Morgan fingerprint density at radius 3 is 2.50 bits per heavy atom. The average molecular weight is 433 g/mol. The minimum absolute atomic E-state index is 0.0177. The first kappa shape index (κ1) is 21.8. The third kappa shape index (κ3) is 5.09. The molecule has 32 heavy (non-hydrogen) atoms. The topological polar surface area (TPSA) is 94.5 Å². The molecule has 7 heteroatoms. The van der Waals surface area contributed by atoms with E-state index in [1.54, 1.807) is 6.07 Å². The Bertz CT molecular complexity index is 1010. The van der Waals surface area contributed by atoms with Gasteiger partial charge in [0.05, 0.1) is 24.3 Å². The van der Waals surface area contributed by atoms with Gasteiger partial charge in [0.1, 0.15) is 0 Å². The maximum atomic E-state index is 13.1. The molecule has 4 rings (SSSR count). The van der Waals surface area contributed by atoms with Gasteiger partial charge in [0.25, 0.3) is 5.91 Å². The molecule has 3 amide bonds. The molecule has 7 nitrogen and oxygen atoms in total. The van der Waals surface area contributed by atoms with Gasteiger partial charge in [-0.05, 0) is 67.5 Å². The highest BCUT2D eigenvalue weighted by Crippen LogP contribution is 2.29. The van der Waals surface area contributed by atoms with E-state index in [2.05, 4.69) is 16.7 Å². The number of piperidine rings is 1. The van der Waals surface area contributed by atoms with Gasteiger partial charge in [-0.15, -0.1) is 0 Å². The lowest BCUT2D eigenvalue weighted by atomic mass is 9.89. The van der Waals surface area contributed by atoms with Crippen LogP contribution in [0.15, 0.2) is 42.5 Å². The molecule has 1 atom stereocenters. The summed E-state index contributed by atoms with van der Waals surface area (Å²) in [5.74, 6) is 0.376. The Morgan fingerprint density at radius 1 is 1.09 bits per heavy atom. The number of nitrogens with zero attached hydrogens (tertiary/aromatic N) is 2. The lowest BCUT2D eigenvalue weighted by molar-refractivity contribution is 0.0713. The number of rotatable bonds is 4. The summed E-state index contributed by atoms with van der Waals surface area (Å²) < 4.78 is 5.29. The van der Waals surface area contributed by atoms with Crippen LogP contribution in [0.3, 0.4) is 0 Å². The summed E-state index contributed by atoms with van der Waals surface area (Å²) in [6, 6.07) is 15.1. The first-order chi connectivity index (χ1) is 15.5. The number of urea groups is 1. The van der Waals surface area contributed by atoms with Gasteiger partial charge in [-0.1, -0.05) is 18.2 Å². The molecule has 2 aromatic carbocycles. The van der Waals surface area contributed by atoms with Crippen molar-refractivity contribution in [2.45, 2.75) is 38.1 Å². The van der Waals surface area contributed by atoms with Crippen LogP contribution in [-0.4, -0.2) is 49.2 Å². The van der Waals surface area contributed by atoms with Crippen LogP contribution in [0.25, 0.3) is 0 Å². The van der Waals surface area contributed by atoms with E-state index < -0.39 is 0 Å². The molecule has 0 bridgehead atoms. The van der Waals surface area contributed by atoms with Crippen LogP contribution >= 0.6 is 0 Å². The SMILES string of the molecule is Cc1ccc(C(=O)N2CCC(c3ccc(C#N)cc3)CC2)cc1NC(=O)N[C@@H]1CCOC1. The van der Waals surface area contributed by atoms with Gasteiger partial charge in [0, 0.05) is 30.9 Å². The molecule has 2 aliphatic heterocycles. The van der Waals surface area contributed by atoms with Crippen LogP contribution < -0.4 is 10.6 Å². The molecule has 0 unspecified atom stereocenters. The normalized spacial score (nSPS) is 18.8. The minimum atomic E-state index is -0.281. The molecule has 166 valence electrons. The predicted molar refractivity (Wildman–Crippen MR) is 122 cm³/mol. The Kier molecular flexibility index (Phi) is 6.72. The summed E-state index contributed by atoms with van der Waals surface area (Å²) in [6.45, 7) is 4.47. The highest BCUT2D eigenvalue weighted by Gasteiger charge is 2.25. The standard InChI is InChI=1S/C25H28N4O3/c1-17-2-5-21(14-23(17)28-25(31)27-22-10-13-32-16-22)24(30)29-11-8-20(9-12-29)19-6-3-18(15-26)4-7-19/h2-7,14,20,22H,8-13,16H2,1H3,(H2,27,28,31)/t22-/m1/s1. The number of aryl methyl sites for hydroxylation is 1. The smallest absolute Gasteiger partial charge is 0.319 e. The van der Waals surface area contributed by atoms with E-state index in [1.807, 2.05) is 48.2 Å².